The van der Waals surface area contributed by atoms with Gasteiger partial charge in [-0.25, -0.2) is 4.39 Å². The molecule has 2 aromatic carbocycles. The number of aryl methyl sites for hydroxylation is 1. The van der Waals surface area contributed by atoms with E-state index in [-0.39, 0.29) is 18.5 Å². The maximum atomic E-state index is 14.0. The minimum absolute atomic E-state index is 0.146. The highest BCUT2D eigenvalue weighted by atomic mass is 19.1. The molecule has 3 rings (SSSR count). The van der Waals surface area contributed by atoms with Crippen LogP contribution in [0.25, 0.3) is 0 Å². The van der Waals surface area contributed by atoms with Gasteiger partial charge in [0.05, 0.1) is 0 Å². The second-order valence-electron chi connectivity index (χ2n) is 6.95. The van der Waals surface area contributed by atoms with Crippen LogP contribution in [0.2, 0.25) is 0 Å². The first-order chi connectivity index (χ1) is 12.2. The predicted molar refractivity (Wildman–Crippen MR) is 98.8 cm³/mol. The Bertz CT molecular complexity index is 674. The van der Waals surface area contributed by atoms with Gasteiger partial charge in [0.15, 0.2) is 0 Å². The Labute approximate surface area is 149 Å². The largest absolute Gasteiger partial charge is 0.396 e. The molecule has 25 heavy (non-hydrogen) atoms. The second kappa shape index (κ2) is 8.56. The molecule has 0 unspecified atom stereocenters. The molecular formula is C21H27FN2O. The van der Waals surface area contributed by atoms with Crippen molar-refractivity contribution in [2.75, 3.05) is 26.2 Å². The zero-order chi connectivity index (χ0) is 17.6. The van der Waals surface area contributed by atoms with Crippen LogP contribution in [-0.2, 0) is 13.1 Å². The summed E-state index contributed by atoms with van der Waals surface area (Å²) in [6, 6.07) is 15.9. The van der Waals surface area contributed by atoms with Gasteiger partial charge in [-0.3, -0.25) is 9.80 Å². The molecule has 0 aliphatic carbocycles. The van der Waals surface area contributed by atoms with Crippen molar-refractivity contribution in [3.8, 4) is 0 Å². The van der Waals surface area contributed by atoms with Gasteiger partial charge in [0.1, 0.15) is 5.82 Å². The highest BCUT2D eigenvalue weighted by Gasteiger charge is 2.27. The van der Waals surface area contributed by atoms with Crippen LogP contribution in [0.3, 0.4) is 0 Å². The van der Waals surface area contributed by atoms with E-state index < -0.39 is 0 Å². The quantitative estimate of drug-likeness (QED) is 0.873. The number of nitrogens with zero attached hydrogens (tertiary/aromatic N) is 2. The third-order valence-electron chi connectivity index (χ3n) is 5.01. The van der Waals surface area contributed by atoms with Crippen molar-refractivity contribution in [3.05, 3.63) is 71.0 Å². The van der Waals surface area contributed by atoms with E-state index in [1.807, 2.05) is 12.1 Å². The Morgan fingerprint density at radius 2 is 1.80 bits per heavy atom. The molecule has 1 aliphatic heterocycles. The zero-order valence-electron chi connectivity index (χ0n) is 14.9. The Kier molecular flexibility index (Phi) is 6.19. The molecule has 1 saturated heterocycles. The SMILES string of the molecule is Cc1ccc(CN2CCN(Cc3ccccc3F)[C@H](CCO)C2)cc1. The lowest BCUT2D eigenvalue weighted by atomic mass is 10.1. The molecule has 1 N–H and O–H groups in total. The molecule has 134 valence electrons. The average molecular weight is 342 g/mol. The van der Waals surface area contributed by atoms with E-state index in [9.17, 15) is 9.50 Å². The van der Waals surface area contributed by atoms with E-state index in [4.69, 9.17) is 0 Å². The third-order valence-corrected chi connectivity index (χ3v) is 5.01. The van der Waals surface area contributed by atoms with Crippen molar-refractivity contribution in [2.24, 2.45) is 0 Å². The fourth-order valence-electron chi connectivity index (χ4n) is 3.53. The first-order valence-electron chi connectivity index (χ1n) is 9.02. The Morgan fingerprint density at radius 3 is 2.52 bits per heavy atom. The van der Waals surface area contributed by atoms with Crippen molar-refractivity contribution in [3.63, 3.8) is 0 Å². The van der Waals surface area contributed by atoms with Crippen molar-refractivity contribution in [2.45, 2.75) is 32.5 Å². The summed E-state index contributed by atoms with van der Waals surface area (Å²) < 4.78 is 14.0. The molecule has 4 heteroatoms. The van der Waals surface area contributed by atoms with Gasteiger partial charge in [-0.2, -0.15) is 0 Å². The van der Waals surface area contributed by atoms with Gasteiger partial charge in [0.2, 0.25) is 0 Å². The van der Waals surface area contributed by atoms with Crippen LogP contribution in [0.15, 0.2) is 48.5 Å². The van der Waals surface area contributed by atoms with Gasteiger partial charge in [-0.05, 0) is 25.0 Å². The summed E-state index contributed by atoms with van der Waals surface area (Å²) >= 11 is 0. The molecule has 3 nitrogen and oxygen atoms in total. The van der Waals surface area contributed by atoms with E-state index in [0.717, 1.165) is 38.2 Å². The maximum absolute atomic E-state index is 14.0. The highest BCUT2D eigenvalue weighted by molar-refractivity contribution is 5.21. The van der Waals surface area contributed by atoms with Crippen molar-refractivity contribution >= 4 is 0 Å². The topological polar surface area (TPSA) is 26.7 Å². The molecule has 1 aliphatic rings. The number of piperazine rings is 1. The van der Waals surface area contributed by atoms with Crippen molar-refractivity contribution in [1.29, 1.82) is 0 Å². The number of hydrogen-bond donors (Lipinski definition) is 1. The zero-order valence-corrected chi connectivity index (χ0v) is 14.9. The van der Waals surface area contributed by atoms with Crippen LogP contribution in [0, 0.1) is 12.7 Å². The molecule has 1 atom stereocenters. The number of benzene rings is 2. The van der Waals surface area contributed by atoms with Crippen LogP contribution >= 0.6 is 0 Å². The fraction of sp³-hybridized carbons (Fsp3) is 0.429. The smallest absolute Gasteiger partial charge is 0.127 e. The molecule has 0 saturated carbocycles. The second-order valence-corrected chi connectivity index (χ2v) is 6.95. The van der Waals surface area contributed by atoms with Crippen molar-refractivity contribution in [1.82, 2.24) is 9.80 Å². The van der Waals surface area contributed by atoms with Gasteiger partial charge >= 0.3 is 0 Å². The molecule has 0 amide bonds. The molecule has 1 heterocycles. The Hall–Kier alpha value is -1.75. The first kappa shape index (κ1) is 18.1. The monoisotopic (exact) mass is 342 g/mol. The number of hydrogen-bond acceptors (Lipinski definition) is 3. The van der Waals surface area contributed by atoms with E-state index in [1.165, 1.54) is 17.2 Å². The summed E-state index contributed by atoms with van der Waals surface area (Å²) in [5.41, 5.74) is 3.32. The van der Waals surface area contributed by atoms with Crippen molar-refractivity contribution < 1.29 is 9.50 Å². The Morgan fingerprint density at radius 1 is 1.04 bits per heavy atom. The maximum Gasteiger partial charge on any atom is 0.127 e. The number of rotatable bonds is 6. The highest BCUT2D eigenvalue weighted by Crippen LogP contribution is 2.19. The van der Waals surface area contributed by atoms with E-state index in [0.29, 0.717) is 6.54 Å². The fourth-order valence-corrected chi connectivity index (χ4v) is 3.53. The Balaban J connectivity index is 1.63. The summed E-state index contributed by atoms with van der Waals surface area (Å²) in [5, 5.41) is 9.44. The lowest BCUT2D eigenvalue weighted by Crippen LogP contribution is -2.52. The lowest BCUT2D eigenvalue weighted by molar-refractivity contribution is 0.0493. The van der Waals surface area contributed by atoms with Gasteiger partial charge in [-0.1, -0.05) is 48.0 Å². The van der Waals surface area contributed by atoms with E-state index in [1.54, 1.807) is 6.07 Å². The first-order valence-corrected chi connectivity index (χ1v) is 9.02. The van der Waals surface area contributed by atoms with Gasteiger partial charge in [0, 0.05) is 50.9 Å². The molecular weight excluding hydrogens is 315 g/mol. The number of halogens is 1. The standard InChI is InChI=1S/C21H27FN2O/c1-17-6-8-18(9-7-17)14-23-11-12-24(20(16-23)10-13-25)15-19-4-2-3-5-21(19)22/h2-9,20,25H,10-16H2,1H3/t20-/m1/s1. The van der Waals surface area contributed by atoms with Gasteiger partial charge in [-0.15, -0.1) is 0 Å². The lowest BCUT2D eigenvalue weighted by Gasteiger charge is -2.41. The third kappa shape index (κ3) is 4.88. The van der Waals surface area contributed by atoms with Gasteiger partial charge < -0.3 is 5.11 Å². The summed E-state index contributed by atoms with van der Waals surface area (Å²) in [6.45, 7) is 6.56. The summed E-state index contributed by atoms with van der Waals surface area (Å²) in [4.78, 5) is 4.74. The molecule has 2 aromatic rings. The predicted octanol–water partition coefficient (Wildman–Crippen LogP) is 3.20. The molecule has 1 fully saturated rings. The average Bonchev–Trinajstić information content (AvgIpc) is 2.61. The minimum Gasteiger partial charge on any atom is -0.396 e. The van der Waals surface area contributed by atoms with Crippen LogP contribution in [0.4, 0.5) is 4.39 Å². The van der Waals surface area contributed by atoms with Crippen LogP contribution in [-0.4, -0.2) is 47.2 Å². The van der Waals surface area contributed by atoms with Gasteiger partial charge in [0.25, 0.3) is 0 Å². The molecule has 0 spiro atoms. The number of aliphatic hydroxyl groups excluding tert-OH is 1. The molecule has 0 aromatic heterocycles. The summed E-state index contributed by atoms with van der Waals surface area (Å²) in [7, 11) is 0. The van der Waals surface area contributed by atoms with Crippen LogP contribution in [0.5, 0.6) is 0 Å². The van der Waals surface area contributed by atoms with E-state index >= 15 is 0 Å². The van der Waals surface area contributed by atoms with Crippen LogP contribution in [0.1, 0.15) is 23.1 Å². The number of aliphatic hydroxyl groups is 1. The van der Waals surface area contributed by atoms with E-state index in [2.05, 4.69) is 41.0 Å². The summed E-state index contributed by atoms with van der Waals surface area (Å²) in [6.07, 6.45) is 0.721. The summed E-state index contributed by atoms with van der Waals surface area (Å²) in [5.74, 6) is -0.146. The normalized spacial score (nSPS) is 19.2. The molecule has 0 radical (unpaired) electrons. The molecule has 0 bridgehead atoms. The van der Waals surface area contributed by atoms with Crippen LogP contribution < -0.4 is 0 Å². The minimum atomic E-state index is -0.146.